The molecule has 0 aliphatic carbocycles. The lowest BCUT2D eigenvalue weighted by atomic mass is 10.1. The minimum Gasteiger partial charge on any atom is -0.352 e. The van der Waals surface area contributed by atoms with E-state index in [4.69, 9.17) is 0 Å². The van der Waals surface area contributed by atoms with E-state index >= 15 is 0 Å². The van der Waals surface area contributed by atoms with Crippen LogP contribution >= 0.6 is 0 Å². The van der Waals surface area contributed by atoms with Gasteiger partial charge in [0, 0.05) is 45.3 Å². The van der Waals surface area contributed by atoms with Crippen molar-refractivity contribution in [1.29, 1.82) is 0 Å². The van der Waals surface area contributed by atoms with Crippen LogP contribution in [-0.4, -0.2) is 71.7 Å². The van der Waals surface area contributed by atoms with E-state index in [1.807, 2.05) is 54.4 Å². The standard InChI is InChI=1S/C18H21N5O/c1-21-9-10-22-11-12-23(13-16(22)18(21)24)17-8-7-15(19-20-17)14-5-3-2-4-6-14/h2-8,16H,9-13H2,1H3. The fourth-order valence-corrected chi connectivity index (χ4v) is 3.43. The molecule has 2 fully saturated rings. The van der Waals surface area contributed by atoms with E-state index < -0.39 is 0 Å². The SMILES string of the molecule is CN1CCN2CCN(c3ccc(-c4ccccc4)nn3)CC2C1=O. The van der Waals surface area contributed by atoms with Crippen molar-refractivity contribution in [1.82, 2.24) is 20.0 Å². The highest BCUT2D eigenvalue weighted by atomic mass is 16.2. The highest BCUT2D eigenvalue weighted by molar-refractivity contribution is 5.83. The number of carbonyl (C=O) groups is 1. The van der Waals surface area contributed by atoms with Gasteiger partial charge in [-0.3, -0.25) is 9.69 Å². The Kier molecular flexibility index (Phi) is 3.90. The Bertz CT molecular complexity index is 718. The van der Waals surface area contributed by atoms with Gasteiger partial charge in [0.25, 0.3) is 0 Å². The van der Waals surface area contributed by atoms with E-state index in [1.165, 1.54) is 0 Å². The zero-order valence-corrected chi connectivity index (χ0v) is 13.8. The van der Waals surface area contributed by atoms with Crippen molar-refractivity contribution in [2.45, 2.75) is 6.04 Å². The van der Waals surface area contributed by atoms with Gasteiger partial charge in [-0.15, -0.1) is 10.2 Å². The first-order valence-electron chi connectivity index (χ1n) is 8.35. The van der Waals surface area contributed by atoms with Gasteiger partial charge < -0.3 is 9.80 Å². The van der Waals surface area contributed by atoms with Crippen LogP contribution in [0.4, 0.5) is 5.82 Å². The Hall–Kier alpha value is -2.47. The van der Waals surface area contributed by atoms with Gasteiger partial charge in [0.1, 0.15) is 6.04 Å². The molecule has 4 rings (SSSR count). The third-order valence-electron chi connectivity index (χ3n) is 4.92. The second-order valence-corrected chi connectivity index (χ2v) is 6.40. The molecule has 24 heavy (non-hydrogen) atoms. The Labute approximate surface area is 141 Å². The van der Waals surface area contributed by atoms with E-state index in [9.17, 15) is 4.79 Å². The number of piperazine rings is 2. The minimum absolute atomic E-state index is 0.0619. The third-order valence-corrected chi connectivity index (χ3v) is 4.92. The average molecular weight is 323 g/mol. The number of carbonyl (C=O) groups excluding carboxylic acids is 1. The van der Waals surface area contributed by atoms with Crippen LogP contribution in [0.15, 0.2) is 42.5 Å². The maximum atomic E-state index is 12.4. The third kappa shape index (κ3) is 2.73. The molecule has 1 amide bonds. The fourth-order valence-electron chi connectivity index (χ4n) is 3.43. The molecular weight excluding hydrogens is 302 g/mol. The van der Waals surface area contributed by atoms with Crippen LogP contribution in [0, 0.1) is 0 Å². The second-order valence-electron chi connectivity index (χ2n) is 6.40. The monoisotopic (exact) mass is 323 g/mol. The molecule has 0 radical (unpaired) electrons. The van der Waals surface area contributed by atoms with Crippen LogP contribution < -0.4 is 4.90 Å². The van der Waals surface area contributed by atoms with E-state index in [-0.39, 0.29) is 11.9 Å². The van der Waals surface area contributed by atoms with Gasteiger partial charge in [0.15, 0.2) is 5.82 Å². The van der Waals surface area contributed by atoms with Gasteiger partial charge in [-0.25, -0.2) is 0 Å². The largest absolute Gasteiger partial charge is 0.352 e. The number of hydrogen-bond donors (Lipinski definition) is 0. The van der Waals surface area contributed by atoms with E-state index in [0.29, 0.717) is 6.54 Å². The first-order valence-corrected chi connectivity index (χ1v) is 8.35. The molecule has 0 saturated carbocycles. The summed E-state index contributed by atoms with van der Waals surface area (Å²) in [4.78, 5) is 18.7. The van der Waals surface area contributed by atoms with Crippen LogP contribution in [0.1, 0.15) is 0 Å². The van der Waals surface area contributed by atoms with Crippen molar-refractivity contribution < 1.29 is 4.79 Å². The quantitative estimate of drug-likeness (QED) is 0.829. The topological polar surface area (TPSA) is 52.6 Å². The molecule has 3 heterocycles. The van der Waals surface area contributed by atoms with Gasteiger partial charge in [0.05, 0.1) is 5.69 Å². The molecule has 0 bridgehead atoms. The van der Waals surface area contributed by atoms with Crippen molar-refractivity contribution in [3.05, 3.63) is 42.5 Å². The molecule has 124 valence electrons. The Morgan fingerprint density at radius 1 is 0.958 bits per heavy atom. The highest BCUT2D eigenvalue weighted by Gasteiger charge is 2.37. The lowest BCUT2D eigenvalue weighted by molar-refractivity contribution is -0.140. The summed E-state index contributed by atoms with van der Waals surface area (Å²) < 4.78 is 0. The molecule has 2 aliphatic rings. The van der Waals surface area contributed by atoms with E-state index in [0.717, 1.165) is 43.3 Å². The van der Waals surface area contributed by atoms with E-state index in [1.54, 1.807) is 0 Å². The summed E-state index contributed by atoms with van der Waals surface area (Å²) in [6.07, 6.45) is 0. The van der Waals surface area contributed by atoms with Crippen molar-refractivity contribution >= 4 is 11.7 Å². The number of rotatable bonds is 2. The fraction of sp³-hybridized carbons (Fsp3) is 0.389. The zero-order chi connectivity index (χ0) is 16.5. The van der Waals surface area contributed by atoms with Crippen LogP contribution in [0.5, 0.6) is 0 Å². The normalized spacial score (nSPS) is 21.7. The van der Waals surface area contributed by atoms with E-state index in [2.05, 4.69) is 20.0 Å². The van der Waals surface area contributed by atoms with Crippen molar-refractivity contribution in [2.24, 2.45) is 0 Å². The maximum absolute atomic E-state index is 12.4. The molecule has 2 aliphatic heterocycles. The summed E-state index contributed by atoms with van der Waals surface area (Å²) >= 11 is 0. The number of amides is 1. The summed E-state index contributed by atoms with van der Waals surface area (Å²) in [5.74, 6) is 1.05. The summed E-state index contributed by atoms with van der Waals surface area (Å²) in [6, 6.07) is 14.0. The number of likely N-dealkylation sites (N-methyl/N-ethyl adjacent to an activating group) is 1. The summed E-state index contributed by atoms with van der Waals surface area (Å²) in [5.41, 5.74) is 1.93. The van der Waals surface area contributed by atoms with Crippen molar-refractivity contribution in [3.8, 4) is 11.3 Å². The van der Waals surface area contributed by atoms with Crippen LogP contribution in [-0.2, 0) is 4.79 Å². The summed E-state index contributed by atoms with van der Waals surface area (Å²) in [6.45, 7) is 4.24. The van der Waals surface area contributed by atoms with Crippen LogP contribution in [0.25, 0.3) is 11.3 Å². The lowest BCUT2D eigenvalue weighted by Crippen LogP contribution is -2.64. The predicted molar refractivity (Wildman–Crippen MR) is 92.7 cm³/mol. The van der Waals surface area contributed by atoms with Crippen LogP contribution in [0.3, 0.4) is 0 Å². The highest BCUT2D eigenvalue weighted by Crippen LogP contribution is 2.22. The zero-order valence-electron chi connectivity index (χ0n) is 13.8. The van der Waals surface area contributed by atoms with Crippen LogP contribution in [0.2, 0.25) is 0 Å². The number of aromatic nitrogens is 2. The number of hydrogen-bond acceptors (Lipinski definition) is 5. The number of anilines is 1. The Morgan fingerprint density at radius 3 is 2.50 bits per heavy atom. The molecule has 0 N–H and O–H groups in total. The van der Waals surface area contributed by atoms with Gasteiger partial charge in [0.2, 0.25) is 5.91 Å². The minimum atomic E-state index is -0.0619. The molecular formula is C18H21N5O. The molecule has 2 saturated heterocycles. The van der Waals surface area contributed by atoms with Gasteiger partial charge in [-0.1, -0.05) is 30.3 Å². The molecule has 1 aromatic heterocycles. The van der Waals surface area contributed by atoms with Crippen molar-refractivity contribution in [2.75, 3.05) is 44.7 Å². The average Bonchev–Trinajstić information content (AvgIpc) is 2.65. The van der Waals surface area contributed by atoms with Crippen molar-refractivity contribution in [3.63, 3.8) is 0 Å². The first-order chi connectivity index (χ1) is 11.7. The molecule has 2 aromatic rings. The van der Waals surface area contributed by atoms with Gasteiger partial charge >= 0.3 is 0 Å². The summed E-state index contributed by atoms with van der Waals surface area (Å²) in [5, 5.41) is 8.75. The smallest absolute Gasteiger partial charge is 0.241 e. The molecule has 0 spiro atoms. The van der Waals surface area contributed by atoms with Gasteiger partial charge in [-0.05, 0) is 12.1 Å². The molecule has 6 nitrogen and oxygen atoms in total. The number of benzene rings is 1. The Balaban J connectivity index is 1.51. The first kappa shape index (κ1) is 15.1. The second kappa shape index (κ2) is 6.20. The predicted octanol–water partition coefficient (Wildman–Crippen LogP) is 1.11. The molecule has 6 heteroatoms. The number of fused-ring (bicyclic) bond motifs is 1. The maximum Gasteiger partial charge on any atom is 0.241 e. The van der Waals surface area contributed by atoms with Gasteiger partial charge in [-0.2, -0.15) is 0 Å². The lowest BCUT2D eigenvalue weighted by Gasteiger charge is -2.45. The molecule has 1 atom stereocenters. The molecule has 1 aromatic carbocycles. The number of nitrogens with zero attached hydrogens (tertiary/aromatic N) is 5. The Morgan fingerprint density at radius 2 is 1.75 bits per heavy atom. The molecule has 1 unspecified atom stereocenters. The summed E-state index contributed by atoms with van der Waals surface area (Å²) in [7, 11) is 1.88.